The van der Waals surface area contributed by atoms with Crippen LogP contribution in [-0.4, -0.2) is 19.3 Å². The zero-order valence-electron chi connectivity index (χ0n) is 13.5. The first-order valence-corrected chi connectivity index (χ1v) is 8.50. The highest BCUT2D eigenvalue weighted by Crippen LogP contribution is 2.30. The highest BCUT2D eigenvalue weighted by molar-refractivity contribution is 7.14. The van der Waals surface area contributed by atoms with E-state index in [1.165, 1.54) is 35.6 Å². The van der Waals surface area contributed by atoms with Gasteiger partial charge in [0.25, 0.3) is 5.69 Å². The Morgan fingerprint density at radius 2 is 2.15 bits per heavy atom. The molecule has 0 atom stereocenters. The third-order valence-electron chi connectivity index (χ3n) is 3.92. The monoisotopic (exact) mass is 369 g/mol. The average Bonchev–Trinajstić information content (AvgIpc) is 3.22. The van der Waals surface area contributed by atoms with Gasteiger partial charge in [0.05, 0.1) is 22.5 Å². The minimum absolute atomic E-state index is 0.0127. The van der Waals surface area contributed by atoms with E-state index in [2.05, 4.69) is 15.3 Å². The van der Waals surface area contributed by atoms with E-state index in [0.29, 0.717) is 22.2 Å². The summed E-state index contributed by atoms with van der Waals surface area (Å²) in [4.78, 5) is 19.2. The summed E-state index contributed by atoms with van der Waals surface area (Å²) in [5.41, 5.74) is 3.42. The number of fused-ring (bicyclic) bond motifs is 1. The fourth-order valence-electron chi connectivity index (χ4n) is 2.57. The van der Waals surface area contributed by atoms with Crippen LogP contribution in [0.2, 0.25) is 0 Å². The van der Waals surface area contributed by atoms with Crippen LogP contribution in [0, 0.1) is 22.9 Å². The van der Waals surface area contributed by atoms with Crippen LogP contribution in [-0.2, 0) is 0 Å². The minimum atomic E-state index is -0.435. The third-order valence-corrected chi connectivity index (χ3v) is 4.67. The van der Waals surface area contributed by atoms with Gasteiger partial charge in [0, 0.05) is 29.8 Å². The summed E-state index contributed by atoms with van der Waals surface area (Å²) < 4.78 is 15.0. The topological polar surface area (TPSA) is 85.4 Å². The van der Waals surface area contributed by atoms with Crippen LogP contribution in [0.3, 0.4) is 0 Å². The Bertz CT molecular complexity index is 1140. The number of aryl methyl sites for hydroxylation is 1. The zero-order valence-corrected chi connectivity index (χ0v) is 14.3. The zero-order chi connectivity index (χ0) is 18.3. The normalized spacial score (nSPS) is 11.0. The Kier molecular flexibility index (Phi) is 3.85. The lowest BCUT2D eigenvalue weighted by Gasteiger charge is -2.06. The Morgan fingerprint density at radius 1 is 1.31 bits per heavy atom. The number of nitro benzene ring substituents is 1. The molecular formula is C17H12FN5O2S. The van der Waals surface area contributed by atoms with Crippen LogP contribution < -0.4 is 5.32 Å². The molecule has 0 spiro atoms. The van der Waals surface area contributed by atoms with Crippen LogP contribution in [0.15, 0.2) is 48.1 Å². The first-order chi connectivity index (χ1) is 12.5. The summed E-state index contributed by atoms with van der Waals surface area (Å²) in [7, 11) is 0. The summed E-state index contributed by atoms with van der Waals surface area (Å²) in [6.07, 6.45) is 3.23. The second-order valence-corrected chi connectivity index (χ2v) is 6.49. The maximum absolute atomic E-state index is 13.3. The molecule has 0 aliphatic rings. The number of imidazole rings is 1. The lowest BCUT2D eigenvalue weighted by atomic mass is 10.2. The van der Waals surface area contributed by atoms with Crippen molar-refractivity contribution < 1.29 is 9.31 Å². The Labute approximate surface area is 150 Å². The van der Waals surface area contributed by atoms with Gasteiger partial charge in [-0.05, 0) is 18.6 Å². The summed E-state index contributed by atoms with van der Waals surface area (Å²) in [6.45, 7) is 1.86. The second-order valence-electron chi connectivity index (χ2n) is 5.64. The molecule has 9 heteroatoms. The molecule has 130 valence electrons. The fourth-order valence-corrected chi connectivity index (χ4v) is 3.28. The van der Waals surface area contributed by atoms with Crippen molar-refractivity contribution in [1.29, 1.82) is 0 Å². The highest BCUT2D eigenvalue weighted by Gasteiger charge is 2.13. The van der Waals surface area contributed by atoms with Crippen molar-refractivity contribution in [2.45, 2.75) is 6.92 Å². The van der Waals surface area contributed by atoms with Gasteiger partial charge in [0.2, 0.25) is 0 Å². The number of aromatic nitrogens is 3. The molecule has 0 fully saturated rings. The van der Waals surface area contributed by atoms with Crippen molar-refractivity contribution in [3.63, 3.8) is 0 Å². The smallest absolute Gasteiger partial charge is 0.271 e. The molecule has 0 saturated carbocycles. The molecule has 1 aromatic carbocycles. The minimum Gasteiger partial charge on any atom is -0.331 e. The number of nitro groups is 1. The molecule has 7 nitrogen and oxygen atoms in total. The van der Waals surface area contributed by atoms with Crippen molar-refractivity contribution in [3.05, 3.63) is 69.6 Å². The SMILES string of the molecule is Cc1ccc([N+](=O)[O-])cc1Nc1nc(-c2cnc3cc(F)ccn23)cs1. The van der Waals surface area contributed by atoms with E-state index in [-0.39, 0.29) is 11.5 Å². The van der Waals surface area contributed by atoms with Gasteiger partial charge in [0.1, 0.15) is 17.2 Å². The number of rotatable bonds is 4. The number of benzene rings is 1. The van der Waals surface area contributed by atoms with E-state index in [1.807, 2.05) is 12.3 Å². The molecule has 0 aliphatic heterocycles. The molecule has 0 bridgehead atoms. The van der Waals surface area contributed by atoms with Crippen LogP contribution in [0.5, 0.6) is 0 Å². The van der Waals surface area contributed by atoms with Gasteiger partial charge in [0.15, 0.2) is 5.13 Å². The van der Waals surface area contributed by atoms with E-state index in [9.17, 15) is 14.5 Å². The van der Waals surface area contributed by atoms with Crippen molar-refractivity contribution in [2.75, 3.05) is 5.32 Å². The van der Waals surface area contributed by atoms with Crippen molar-refractivity contribution in [3.8, 4) is 11.4 Å². The molecule has 3 heterocycles. The second kappa shape index (κ2) is 6.19. The molecule has 3 aromatic heterocycles. The molecule has 0 saturated heterocycles. The fraction of sp³-hybridized carbons (Fsp3) is 0.0588. The van der Waals surface area contributed by atoms with Crippen LogP contribution in [0.1, 0.15) is 5.56 Å². The number of thiazole rings is 1. The van der Waals surface area contributed by atoms with Crippen molar-refractivity contribution in [1.82, 2.24) is 14.4 Å². The molecule has 26 heavy (non-hydrogen) atoms. The predicted molar refractivity (Wildman–Crippen MR) is 97.4 cm³/mol. The molecule has 1 N–H and O–H groups in total. The largest absolute Gasteiger partial charge is 0.331 e. The maximum atomic E-state index is 13.3. The summed E-state index contributed by atoms with van der Waals surface area (Å²) in [5.74, 6) is -0.351. The van der Waals surface area contributed by atoms with Gasteiger partial charge >= 0.3 is 0 Å². The first-order valence-electron chi connectivity index (χ1n) is 7.62. The van der Waals surface area contributed by atoms with Crippen molar-refractivity contribution in [2.24, 2.45) is 0 Å². The Balaban J connectivity index is 1.66. The highest BCUT2D eigenvalue weighted by atomic mass is 32.1. The van der Waals surface area contributed by atoms with E-state index < -0.39 is 4.92 Å². The van der Waals surface area contributed by atoms with Crippen molar-refractivity contribution >= 4 is 33.5 Å². The van der Waals surface area contributed by atoms with Gasteiger partial charge in [-0.1, -0.05) is 6.07 Å². The quantitative estimate of drug-likeness (QED) is 0.421. The van der Waals surface area contributed by atoms with E-state index in [4.69, 9.17) is 0 Å². The summed E-state index contributed by atoms with van der Waals surface area (Å²) in [6, 6.07) is 7.34. The molecule has 4 rings (SSSR count). The Morgan fingerprint density at radius 3 is 2.96 bits per heavy atom. The maximum Gasteiger partial charge on any atom is 0.271 e. The third kappa shape index (κ3) is 2.88. The molecular weight excluding hydrogens is 357 g/mol. The van der Waals surface area contributed by atoms with Gasteiger partial charge in [-0.3, -0.25) is 14.5 Å². The van der Waals surface area contributed by atoms with Gasteiger partial charge < -0.3 is 5.32 Å². The standard InChI is InChI=1S/C17H12FN5O2S/c1-10-2-3-12(23(24)25)7-13(10)20-17-21-14(9-26-17)15-8-19-16-6-11(18)4-5-22(15)16/h2-9H,1H3,(H,20,21). The number of nitrogens with one attached hydrogen (secondary N) is 1. The lowest BCUT2D eigenvalue weighted by molar-refractivity contribution is -0.384. The Hall–Kier alpha value is -3.33. The number of anilines is 2. The summed E-state index contributed by atoms with van der Waals surface area (Å²) in [5, 5.41) is 16.5. The summed E-state index contributed by atoms with van der Waals surface area (Å²) >= 11 is 1.37. The van der Waals surface area contributed by atoms with E-state index in [0.717, 1.165) is 11.3 Å². The van der Waals surface area contributed by atoms with E-state index >= 15 is 0 Å². The van der Waals surface area contributed by atoms with Gasteiger partial charge in [-0.2, -0.15) is 0 Å². The number of hydrogen-bond donors (Lipinski definition) is 1. The number of pyridine rings is 1. The van der Waals surface area contributed by atoms with Crippen LogP contribution in [0.25, 0.3) is 17.0 Å². The van der Waals surface area contributed by atoms with Gasteiger partial charge in [-0.25, -0.2) is 14.4 Å². The molecule has 0 aliphatic carbocycles. The lowest BCUT2D eigenvalue weighted by Crippen LogP contribution is -1.95. The van der Waals surface area contributed by atoms with Crippen LogP contribution >= 0.6 is 11.3 Å². The average molecular weight is 369 g/mol. The number of non-ortho nitro benzene ring substituents is 1. The molecule has 0 radical (unpaired) electrons. The first kappa shape index (κ1) is 16.2. The molecule has 4 aromatic rings. The van der Waals surface area contributed by atoms with Gasteiger partial charge in [-0.15, -0.1) is 11.3 Å². The predicted octanol–water partition coefficient (Wildman–Crippen LogP) is 4.56. The number of hydrogen-bond acceptors (Lipinski definition) is 6. The molecule has 0 unspecified atom stereocenters. The molecule has 0 amide bonds. The van der Waals surface area contributed by atoms with Crippen LogP contribution in [0.4, 0.5) is 20.9 Å². The number of nitrogens with zero attached hydrogens (tertiary/aromatic N) is 4. The number of halogens is 1. The van der Waals surface area contributed by atoms with E-state index in [1.54, 1.807) is 22.9 Å².